The summed E-state index contributed by atoms with van der Waals surface area (Å²) in [5.41, 5.74) is 1.29. The Hall–Kier alpha value is -1.46. The van der Waals surface area contributed by atoms with E-state index in [-0.39, 0.29) is 5.91 Å². The lowest BCUT2D eigenvalue weighted by Gasteiger charge is -2.35. The first-order valence-electron chi connectivity index (χ1n) is 6.75. The highest BCUT2D eigenvalue weighted by Crippen LogP contribution is 2.06. The third kappa shape index (κ3) is 4.01. The number of hydrogen-bond acceptors (Lipinski definition) is 4. The molecule has 0 radical (unpaired) electrons. The molecule has 104 valence electrons. The molecule has 0 saturated carbocycles. The highest BCUT2D eigenvalue weighted by Gasteiger charge is 2.23. The van der Waals surface area contributed by atoms with E-state index in [1.165, 1.54) is 12.5 Å². The van der Waals surface area contributed by atoms with Crippen molar-refractivity contribution in [2.24, 2.45) is 0 Å². The molecular weight excluding hydrogens is 242 g/mol. The quantitative estimate of drug-likeness (QED) is 0.840. The fraction of sp³-hybridized carbons (Fsp3) is 0.571. The first-order chi connectivity index (χ1) is 9.16. The Kier molecular flexibility index (Phi) is 4.87. The molecule has 1 aliphatic rings. The smallest absolute Gasteiger partial charge is 0.251 e. The van der Waals surface area contributed by atoms with Crippen molar-refractivity contribution in [1.29, 1.82) is 0 Å². The van der Waals surface area contributed by atoms with Gasteiger partial charge in [-0.1, -0.05) is 0 Å². The maximum atomic E-state index is 11.6. The summed E-state index contributed by atoms with van der Waals surface area (Å²) in [5.74, 6) is -0.159. The van der Waals surface area contributed by atoms with E-state index in [0.29, 0.717) is 13.1 Å². The molecule has 1 atom stereocenters. The van der Waals surface area contributed by atoms with Gasteiger partial charge in [-0.15, -0.1) is 0 Å². The van der Waals surface area contributed by atoms with Crippen molar-refractivity contribution in [2.75, 3.05) is 32.7 Å². The molecule has 2 heterocycles. The molecule has 5 nitrogen and oxygen atoms in total. The number of nitrogens with zero attached hydrogens (tertiary/aromatic N) is 3. The average Bonchev–Trinajstić information content (AvgIpc) is 2.46. The van der Waals surface area contributed by atoms with Gasteiger partial charge in [0.25, 0.3) is 5.91 Å². The molecule has 1 aliphatic heterocycles. The number of piperazine rings is 1. The number of aliphatic hydroxyl groups excluding tert-OH is 1. The minimum Gasteiger partial charge on any atom is -0.384 e. The molecule has 1 fully saturated rings. The van der Waals surface area contributed by atoms with Gasteiger partial charge in [0.1, 0.15) is 6.10 Å². The second-order valence-corrected chi connectivity index (χ2v) is 4.95. The Morgan fingerprint density at radius 3 is 2.53 bits per heavy atom. The normalized spacial score (nSPS) is 18.3. The molecule has 1 aromatic heterocycles. The fourth-order valence-corrected chi connectivity index (χ4v) is 2.29. The van der Waals surface area contributed by atoms with Gasteiger partial charge >= 0.3 is 0 Å². The monoisotopic (exact) mass is 263 g/mol. The average molecular weight is 263 g/mol. The van der Waals surface area contributed by atoms with E-state index in [1.807, 2.05) is 24.5 Å². The van der Waals surface area contributed by atoms with E-state index in [9.17, 15) is 9.90 Å². The Morgan fingerprint density at radius 1 is 1.32 bits per heavy atom. The van der Waals surface area contributed by atoms with Crippen molar-refractivity contribution in [2.45, 2.75) is 19.4 Å². The van der Waals surface area contributed by atoms with Gasteiger partial charge in [-0.25, -0.2) is 0 Å². The summed E-state index contributed by atoms with van der Waals surface area (Å²) in [6.07, 6.45) is 3.75. The lowest BCUT2D eigenvalue weighted by molar-refractivity contribution is -0.141. The number of rotatable bonds is 4. The molecule has 0 spiro atoms. The van der Waals surface area contributed by atoms with Gasteiger partial charge in [0.2, 0.25) is 0 Å². The summed E-state index contributed by atoms with van der Waals surface area (Å²) >= 11 is 0. The predicted octanol–water partition coefficient (Wildman–Crippen LogP) is 0.149. The molecular formula is C14H21N3O2. The van der Waals surface area contributed by atoms with Crippen LogP contribution in [0.5, 0.6) is 0 Å². The van der Waals surface area contributed by atoms with E-state index in [2.05, 4.69) is 9.88 Å². The van der Waals surface area contributed by atoms with Gasteiger partial charge in [0.15, 0.2) is 0 Å². The van der Waals surface area contributed by atoms with Gasteiger partial charge < -0.3 is 10.0 Å². The summed E-state index contributed by atoms with van der Waals surface area (Å²) in [5, 5.41) is 9.28. The van der Waals surface area contributed by atoms with Crippen molar-refractivity contribution in [1.82, 2.24) is 14.8 Å². The lowest BCUT2D eigenvalue weighted by Crippen LogP contribution is -2.51. The van der Waals surface area contributed by atoms with Crippen LogP contribution in [0.1, 0.15) is 12.5 Å². The van der Waals surface area contributed by atoms with E-state index in [4.69, 9.17) is 0 Å². The first-order valence-corrected chi connectivity index (χ1v) is 6.75. The third-order valence-electron chi connectivity index (χ3n) is 3.51. The third-order valence-corrected chi connectivity index (χ3v) is 3.51. The first kappa shape index (κ1) is 14.0. The maximum absolute atomic E-state index is 11.6. The molecule has 0 bridgehead atoms. The molecule has 0 aromatic carbocycles. The minimum absolute atomic E-state index is 0.159. The number of pyridine rings is 1. The number of aromatic nitrogens is 1. The zero-order valence-electron chi connectivity index (χ0n) is 11.3. The second kappa shape index (κ2) is 6.63. The molecule has 2 rings (SSSR count). The lowest BCUT2D eigenvalue weighted by atomic mass is 10.2. The van der Waals surface area contributed by atoms with Crippen LogP contribution >= 0.6 is 0 Å². The molecule has 0 aliphatic carbocycles. The highest BCUT2D eigenvalue weighted by atomic mass is 16.3. The second-order valence-electron chi connectivity index (χ2n) is 4.95. The molecule has 1 aromatic rings. The summed E-state index contributed by atoms with van der Waals surface area (Å²) < 4.78 is 0. The van der Waals surface area contributed by atoms with Crippen molar-refractivity contribution in [3.05, 3.63) is 30.1 Å². The van der Waals surface area contributed by atoms with Gasteiger partial charge in [0, 0.05) is 45.1 Å². The van der Waals surface area contributed by atoms with Crippen LogP contribution in [0.4, 0.5) is 0 Å². The zero-order valence-corrected chi connectivity index (χ0v) is 11.3. The van der Waals surface area contributed by atoms with Gasteiger partial charge in [-0.05, 0) is 31.0 Å². The van der Waals surface area contributed by atoms with E-state index in [1.54, 1.807) is 4.90 Å². The number of hydrogen-bond donors (Lipinski definition) is 1. The maximum Gasteiger partial charge on any atom is 0.251 e. The van der Waals surface area contributed by atoms with Crippen LogP contribution in [0.25, 0.3) is 0 Å². The SMILES string of the molecule is CC(O)C(=O)N1CCN(CCc2ccncc2)CC1. The molecule has 1 N–H and O–H groups in total. The summed E-state index contributed by atoms with van der Waals surface area (Å²) in [7, 11) is 0. The van der Waals surface area contributed by atoms with Crippen molar-refractivity contribution in [3.63, 3.8) is 0 Å². The molecule has 19 heavy (non-hydrogen) atoms. The van der Waals surface area contributed by atoms with Crippen LogP contribution in [-0.2, 0) is 11.2 Å². The standard InChI is InChI=1S/C14H21N3O2/c1-12(18)14(19)17-10-8-16(9-11-17)7-4-13-2-5-15-6-3-13/h2-3,5-6,12,18H,4,7-11H2,1H3. The van der Waals surface area contributed by atoms with Crippen LogP contribution in [0.15, 0.2) is 24.5 Å². The molecule has 1 amide bonds. The highest BCUT2D eigenvalue weighted by molar-refractivity contribution is 5.80. The van der Waals surface area contributed by atoms with Gasteiger partial charge in [-0.2, -0.15) is 0 Å². The van der Waals surface area contributed by atoms with Crippen LogP contribution < -0.4 is 0 Å². The molecule has 5 heteroatoms. The summed E-state index contributed by atoms with van der Waals surface area (Å²) in [4.78, 5) is 19.7. The number of carbonyl (C=O) groups excluding carboxylic acids is 1. The van der Waals surface area contributed by atoms with Crippen LogP contribution in [0.2, 0.25) is 0 Å². The fourth-order valence-electron chi connectivity index (χ4n) is 2.29. The predicted molar refractivity (Wildman–Crippen MR) is 72.6 cm³/mol. The Morgan fingerprint density at radius 2 is 1.95 bits per heavy atom. The summed E-state index contributed by atoms with van der Waals surface area (Å²) in [6.45, 7) is 5.70. The van der Waals surface area contributed by atoms with Gasteiger partial charge in [-0.3, -0.25) is 14.7 Å². The summed E-state index contributed by atoms with van der Waals surface area (Å²) in [6, 6.07) is 4.07. The van der Waals surface area contributed by atoms with Gasteiger partial charge in [0.05, 0.1) is 0 Å². The minimum atomic E-state index is -0.886. The number of carbonyl (C=O) groups is 1. The van der Waals surface area contributed by atoms with E-state index >= 15 is 0 Å². The van der Waals surface area contributed by atoms with E-state index < -0.39 is 6.10 Å². The molecule has 1 unspecified atom stereocenters. The number of amides is 1. The van der Waals surface area contributed by atoms with Crippen LogP contribution in [0.3, 0.4) is 0 Å². The Bertz CT molecular complexity index is 400. The topological polar surface area (TPSA) is 56.7 Å². The van der Waals surface area contributed by atoms with E-state index in [0.717, 1.165) is 26.1 Å². The van der Waals surface area contributed by atoms with Crippen LogP contribution in [-0.4, -0.2) is 64.6 Å². The Labute approximate surface area is 113 Å². The van der Waals surface area contributed by atoms with Crippen LogP contribution in [0, 0.1) is 0 Å². The molecule has 1 saturated heterocycles. The number of aliphatic hydroxyl groups is 1. The van der Waals surface area contributed by atoms with Crippen molar-refractivity contribution < 1.29 is 9.90 Å². The van der Waals surface area contributed by atoms with Crippen molar-refractivity contribution >= 4 is 5.91 Å². The Balaban J connectivity index is 1.73. The van der Waals surface area contributed by atoms with Crippen molar-refractivity contribution in [3.8, 4) is 0 Å². The largest absolute Gasteiger partial charge is 0.384 e. The zero-order chi connectivity index (χ0) is 13.7.